The number of methoxy groups -OCH3 is 1. The minimum absolute atomic E-state index is 0.427. The van der Waals surface area contributed by atoms with Gasteiger partial charge in [-0.05, 0) is 43.8 Å². The SMILES string of the molecule is CCOc1cc(/C=N\n2c(-c3ccccc3)n[nH]c2=S)c(C)cc1OC. The summed E-state index contributed by atoms with van der Waals surface area (Å²) < 4.78 is 13.1. The van der Waals surface area contributed by atoms with Crippen molar-refractivity contribution < 1.29 is 9.47 Å². The van der Waals surface area contributed by atoms with Crippen molar-refractivity contribution in [1.82, 2.24) is 14.9 Å². The average Bonchev–Trinajstić information content (AvgIpc) is 3.03. The van der Waals surface area contributed by atoms with E-state index in [1.807, 2.05) is 56.3 Å². The van der Waals surface area contributed by atoms with Gasteiger partial charge in [0.2, 0.25) is 4.77 Å². The first-order chi connectivity index (χ1) is 12.6. The van der Waals surface area contributed by atoms with E-state index in [1.54, 1.807) is 18.0 Å². The van der Waals surface area contributed by atoms with Crippen molar-refractivity contribution in [2.75, 3.05) is 13.7 Å². The summed E-state index contributed by atoms with van der Waals surface area (Å²) in [5.74, 6) is 2.04. The molecule has 0 saturated carbocycles. The van der Waals surface area contributed by atoms with Crippen LogP contribution in [0.5, 0.6) is 11.5 Å². The van der Waals surface area contributed by atoms with Crippen LogP contribution in [0, 0.1) is 11.7 Å². The lowest BCUT2D eigenvalue weighted by Gasteiger charge is -2.12. The number of rotatable bonds is 6. The molecule has 6 nitrogen and oxygen atoms in total. The standard InChI is InChI=1S/C19H20N4O2S/c1-4-25-17-11-15(13(2)10-16(17)24-3)12-20-23-18(21-22-19(23)26)14-8-6-5-7-9-14/h5-12H,4H2,1-3H3,(H,22,26)/b20-12-. The summed E-state index contributed by atoms with van der Waals surface area (Å²) in [6, 6.07) is 13.6. The van der Waals surface area contributed by atoms with Crippen LogP contribution in [-0.2, 0) is 0 Å². The smallest absolute Gasteiger partial charge is 0.216 e. The van der Waals surface area contributed by atoms with Crippen molar-refractivity contribution in [3.63, 3.8) is 0 Å². The highest BCUT2D eigenvalue weighted by Crippen LogP contribution is 2.30. The maximum absolute atomic E-state index is 5.64. The third-order valence-electron chi connectivity index (χ3n) is 3.85. The lowest BCUT2D eigenvalue weighted by Crippen LogP contribution is -2.00. The molecule has 0 atom stereocenters. The number of ether oxygens (including phenoxy) is 2. The van der Waals surface area contributed by atoms with Crippen LogP contribution in [-0.4, -0.2) is 34.8 Å². The molecule has 1 heterocycles. The molecule has 7 heteroatoms. The Balaban J connectivity index is 2.00. The zero-order chi connectivity index (χ0) is 18.5. The molecule has 0 saturated heterocycles. The summed E-state index contributed by atoms with van der Waals surface area (Å²) in [6.45, 7) is 4.48. The number of nitrogens with one attached hydrogen (secondary N) is 1. The van der Waals surface area contributed by atoms with Crippen molar-refractivity contribution in [2.24, 2.45) is 5.10 Å². The first-order valence-electron chi connectivity index (χ1n) is 8.22. The topological polar surface area (TPSA) is 64.4 Å². The largest absolute Gasteiger partial charge is 0.493 e. The summed E-state index contributed by atoms with van der Waals surface area (Å²) in [7, 11) is 1.63. The minimum atomic E-state index is 0.427. The quantitative estimate of drug-likeness (QED) is 0.523. The van der Waals surface area contributed by atoms with Gasteiger partial charge in [0.15, 0.2) is 17.3 Å². The van der Waals surface area contributed by atoms with E-state index in [0.717, 1.165) is 16.7 Å². The number of hydrogen-bond donors (Lipinski definition) is 1. The molecular formula is C19H20N4O2S. The number of benzene rings is 2. The Morgan fingerprint density at radius 2 is 2.00 bits per heavy atom. The van der Waals surface area contributed by atoms with Crippen LogP contribution in [0.25, 0.3) is 11.4 Å². The van der Waals surface area contributed by atoms with E-state index in [0.29, 0.717) is 28.7 Å². The van der Waals surface area contributed by atoms with Crippen molar-refractivity contribution in [2.45, 2.75) is 13.8 Å². The fraction of sp³-hybridized carbons (Fsp3) is 0.211. The number of H-pyrrole nitrogens is 1. The number of hydrogen-bond acceptors (Lipinski definition) is 5. The fourth-order valence-corrected chi connectivity index (χ4v) is 2.72. The molecule has 1 N–H and O–H groups in total. The van der Waals surface area contributed by atoms with Crippen LogP contribution < -0.4 is 9.47 Å². The first kappa shape index (κ1) is 17.9. The van der Waals surface area contributed by atoms with Crippen LogP contribution in [0.15, 0.2) is 47.6 Å². The van der Waals surface area contributed by atoms with E-state index in [-0.39, 0.29) is 0 Å². The van der Waals surface area contributed by atoms with Crippen molar-refractivity contribution in [1.29, 1.82) is 0 Å². The van der Waals surface area contributed by atoms with Crippen molar-refractivity contribution in [3.8, 4) is 22.9 Å². The predicted octanol–water partition coefficient (Wildman–Crippen LogP) is 4.21. The van der Waals surface area contributed by atoms with Crippen molar-refractivity contribution in [3.05, 3.63) is 58.4 Å². The normalized spacial score (nSPS) is 11.0. The highest BCUT2D eigenvalue weighted by atomic mass is 32.1. The van der Waals surface area contributed by atoms with Gasteiger partial charge in [-0.2, -0.15) is 14.9 Å². The molecule has 134 valence electrons. The number of aromatic nitrogens is 3. The van der Waals surface area contributed by atoms with Gasteiger partial charge in [-0.3, -0.25) is 0 Å². The summed E-state index contributed by atoms with van der Waals surface area (Å²) in [5.41, 5.74) is 2.86. The first-order valence-corrected chi connectivity index (χ1v) is 8.63. The molecule has 0 radical (unpaired) electrons. The Morgan fingerprint density at radius 3 is 2.69 bits per heavy atom. The second kappa shape index (κ2) is 7.97. The second-order valence-corrected chi connectivity index (χ2v) is 5.95. The van der Waals surface area contributed by atoms with Crippen molar-refractivity contribution >= 4 is 18.4 Å². The molecule has 3 aromatic rings. The van der Waals surface area contributed by atoms with E-state index in [9.17, 15) is 0 Å². The fourth-order valence-electron chi connectivity index (χ4n) is 2.54. The highest BCUT2D eigenvalue weighted by Gasteiger charge is 2.10. The van der Waals surface area contributed by atoms with Gasteiger partial charge in [-0.15, -0.1) is 0 Å². The minimum Gasteiger partial charge on any atom is -0.493 e. The van der Waals surface area contributed by atoms with Crippen LogP contribution in [0.1, 0.15) is 18.1 Å². The summed E-state index contributed by atoms with van der Waals surface area (Å²) in [4.78, 5) is 0. The van der Waals surface area contributed by atoms with Gasteiger partial charge in [0.1, 0.15) is 0 Å². The Hall–Kier alpha value is -2.93. The van der Waals surface area contributed by atoms with E-state index in [2.05, 4.69) is 15.3 Å². The summed E-state index contributed by atoms with van der Waals surface area (Å²) >= 11 is 5.31. The molecule has 0 spiro atoms. The van der Waals surface area contributed by atoms with Gasteiger partial charge in [0, 0.05) is 11.1 Å². The number of aromatic amines is 1. The van der Waals surface area contributed by atoms with Gasteiger partial charge in [-0.25, -0.2) is 5.10 Å². The zero-order valence-corrected chi connectivity index (χ0v) is 15.7. The lowest BCUT2D eigenvalue weighted by molar-refractivity contribution is 0.310. The summed E-state index contributed by atoms with van der Waals surface area (Å²) in [6.07, 6.45) is 1.75. The Kier molecular flexibility index (Phi) is 5.48. The van der Waals surface area contributed by atoms with Gasteiger partial charge in [-0.1, -0.05) is 30.3 Å². The maximum atomic E-state index is 5.64. The highest BCUT2D eigenvalue weighted by molar-refractivity contribution is 7.71. The van der Waals surface area contributed by atoms with E-state index in [4.69, 9.17) is 21.7 Å². The molecule has 0 amide bonds. The molecule has 3 rings (SSSR count). The van der Waals surface area contributed by atoms with Crippen LogP contribution in [0.2, 0.25) is 0 Å². The molecular weight excluding hydrogens is 348 g/mol. The van der Waals surface area contributed by atoms with Crippen LogP contribution in [0.4, 0.5) is 0 Å². The van der Waals surface area contributed by atoms with Crippen LogP contribution in [0.3, 0.4) is 0 Å². The molecule has 0 aliphatic rings. The Morgan fingerprint density at radius 1 is 1.23 bits per heavy atom. The van der Waals surface area contributed by atoms with Gasteiger partial charge < -0.3 is 9.47 Å². The molecule has 0 aliphatic carbocycles. The van der Waals surface area contributed by atoms with Crippen LogP contribution >= 0.6 is 12.2 Å². The Labute approximate surface area is 157 Å². The molecule has 0 fully saturated rings. The average molecular weight is 368 g/mol. The predicted molar refractivity (Wildman–Crippen MR) is 105 cm³/mol. The lowest BCUT2D eigenvalue weighted by atomic mass is 10.1. The van der Waals surface area contributed by atoms with Gasteiger partial charge in [0.05, 0.1) is 19.9 Å². The number of aryl methyl sites for hydroxylation is 1. The zero-order valence-electron chi connectivity index (χ0n) is 14.9. The number of nitrogens with zero attached hydrogens (tertiary/aromatic N) is 3. The third kappa shape index (κ3) is 3.67. The maximum Gasteiger partial charge on any atom is 0.216 e. The third-order valence-corrected chi connectivity index (χ3v) is 4.11. The molecule has 0 aliphatic heterocycles. The van der Waals surface area contributed by atoms with E-state index in [1.165, 1.54) is 0 Å². The van der Waals surface area contributed by atoms with E-state index >= 15 is 0 Å². The van der Waals surface area contributed by atoms with E-state index < -0.39 is 0 Å². The molecule has 2 aromatic carbocycles. The Bertz CT molecular complexity index is 977. The molecule has 0 bridgehead atoms. The van der Waals surface area contributed by atoms with Gasteiger partial charge in [0.25, 0.3) is 0 Å². The van der Waals surface area contributed by atoms with Gasteiger partial charge >= 0.3 is 0 Å². The molecule has 0 unspecified atom stereocenters. The summed E-state index contributed by atoms with van der Waals surface area (Å²) in [5, 5.41) is 11.6. The molecule has 1 aromatic heterocycles. The monoisotopic (exact) mass is 368 g/mol. The second-order valence-electron chi connectivity index (χ2n) is 5.57. The molecule has 26 heavy (non-hydrogen) atoms.